The summed E-state index contributed by atoms with van der Waals surface area (Å²) in [6.45, 7) is 6.43. The maximum absolute atomic E-state index is 8.32. The molecule has 64 valence electrons. The van der Waals surface area contributed by atoms with Gasteiger partial charge >= 0.3 is 0 Å². The van der Waals surface area contributed by atoms with Gasteiger partial charge in [0.05, 0.1) is 5.60 Å². The Morgan fingerprint density at radius 2 is 2.00 bits per heavy atom. The summed E-state index contributed by atoms with van der Waals surface area (Å²) in [6, 6.07) is 0. The SMILES string of the molecule is CCC(C)(C)OCC#CCO. The summed E-state index contributed by atoms with van der Waals surface area (Å²) >= 11 is 0. The summed E-state index contributed by atoms with van der Waals surface area (Å²) in [5.74, 6) is 5.23. The summed E-state index contributed by atoms with van der Waals surface area (Å²) in [6.07, 6.45) is 0.966. The third-order valence-corrected chi connectivity index (χ3v) is 1.59. The van der Waals surface area contributed by atoms with E-state index in [0.29, 0.717) is 6.61 Å². The highest BCUT2D eigenvalue weighted by atomic mass is 16.5. The first-order valence-corrected chi connectivity index (χ1v) is 3.83. The molecule has 0 aliphatic heterocycles. The van der Waals surface area contributed by atoms with Crippen LogP contribution < -0.4 is 0 Å². The summed E-state index contributed by atoms with van der Waals surface area (Å²) in [5, 5.41) is 8.32. The maximum Gasteiger partial charge on any atom is 0.108 e. The van der Waals surface area contributed by atoms with Crippen LogP contribution in [0.4, 0.5) is 0 Å². The van der Waals surface area contributed by atoms with Gasteiger partial charge in [-0.25, -0.2) is 0 Å². The minimum atomic E-state index is -0.0931. The highest BCUT2D eigenvalue weighted by molar-refractivity contribution is 4.99. The van der Waals surface area contributed by atoms with E-state index < -0.39 is 0 Å². The van der Waals surface area contributed by atoms with Crippen molar-refractivity contribution in [1.82, 2.24) is 0 Å². The van der Waals surface area contributed by atoms with Gasteiger partial charge in [0.25, 0.3) is 0 Å². The van der Waals surface area contributed by atoms with Crippen LogP contribution in [0, 0.1) is 11.8 Å². The second-order valence-corrected chi connectivity index (χ2v) is 2.91. The van der Waals surface area contributed by atoms with Crippen molar-refractivity contribution in [2.24, 2.45) is 0 Å². The van der Waals surface area contributed by atoms with E-state index >= 15 is 0 Å². The largest absolute Gasteiger partial charge is 0.384 e. The highest BCUT2D eigenvalue weighted by Gasteiger charge is 2.13. The van der Waals surface area contributed by atoms with Gasteiger partial charge in [0.2, 0.25) is 0 Å². The fourth-order valence-electron chi connectivity index (χ4n) is 0.440. The first kappa shape index (κ1) is 10.5. The zero-order valence-electron chi connectivity index (χ0n) is 7.48. The van der Waals surface area contributed by atoms with Crippen molar-refractivity contribution in [3.05, 3.63) is 0 Å². The minimum Gasteiger partial charge on any atom is -0.384 e. The molecule has 0 heterocycles. The van der Waals surface area contributed by atoms with Crippen LogP contribution in [0.15, 0.2) is 0 Å². The lowest BCUT2D eigenvalue weighted by Gasteiger charge is -2.21. The Morgan fingerprint density at radius 3 is 2.45 bits per heavy atom. The molecular weight excluding hydrogens is 140 g/mol. The highest BCUT2D eigenvalue weighted by Crippen LogP contribution is 2.12. The zero-order valence-corrected chi connectivity index (χ0v) is 7.48. The molecule has 1 N–H and O–H groups in total. The molecule has 0 fully saturated rings. The van der Waals surface area contributed by atoms with Gasteiger partial charge in [-0.2, -0.15) is 0 Å². The predicted molar refractivity (Wildman–Crippen MR) is 45.2 cm³/mol. The Labute approximate surface area is 68.6 Å². The van der Waals surface area contributed by atoms with Gasteiger partial charge in [0, 0.05) is 0 Å². The van der Waals surface area contributed by atoms with Crippen LogP contribution in [0.2, 0.25) is 0 Å². The molecule has 2 heteroatoms. The minimum absolute atomic E-state index is 0.0874. The smallest absolute Gasteiger partial charge is 0.108 e. The third-order valence-electron chi connectivity index (χ3n) is 1.59. The molecule has 0 saturated carbocycles. The predicted octanol–water partition coefficient (Wildman–Crippen LogP) is 1.19. The van der Waals surface area contributed by atoms with Crippen LogP contribution in [-0.2, 0) is 4.74 Å². The lowest BCUT2D eigenvalue weighted by molar-refractivity contribution is -0.000612. The van der Waals surface area contributed by atoms with Crippen molar-refractivity contribution in [3.63, 3.8) is 0 Å². The van der Waals surface area contributed by atoms with Crippen LogP contribution in [0.1, 0.15) is 27.2 Å². The number of hydrogen-bond acceptors (Lipinski definition) is 2. The fraction of sp³-hybridized carbons (Fsp3) is 0.778. The lowest BCUT2D eigenvalue weighted by Crippen LogP contribution is -2.23. The quantitative estimate of drug-likeness (QED) is 0.622. The van der Waals surface area contributed by atoms with Gasteiger partial charge in [-0.05, 0) is 20.3 Å². The summed E-state index contributed by atoms with van der Waals surface area (Å²) in [4.78, 5) is 0. The topological polar surface area (TPSA) is 29.5 Å². The van der Waals surface area contributed by atoms with Crippen LogP contribution in [-0.4, -0.2) is 23.9 Å². The molecule has 0 amide bonds. The van der Waals surface area contributed by atoms with Crippen molar-refractivity contribution in [3.8, 4) is 11.8 Å². The van der Waals surface area contributed by atoms with E-state index in [1.807, 2.05) is 13.8 Å². The average Bonchev–Trinajstić information content (AvgIpc) is 1.99. The Morgan fingerprint density at radius 1 is 1.36 bits per heavy atom. The number of hydrogen-bond donors (Lipinski definition) is 1. The van der Waals surface area contributed by atoms with E-state index in [2.05, 4.69) is 18.8 Å². The summed E-state index contributed by atoms with van der Waals surface area (Å²) in [7, 11) is 0. The molecular formula is C9H16O2. The van der Waals surface area contributed by atoms with Crippen molar-refractivity contribution < 1.29 is 9.84 Å². The van der Waals surface area contributed by atoms with Crippen molar-refractivity contribution >= 4 is 0 Å². The summed E-state index contributed by atoms with van der Waals surface area (Å²) in [5.41, 5.74) is -0.0931. The normalized spacial score (nSPS) is 10.5. The number of rotatable bonds is 3. The Kier molecular flexibility index (Phi) is 4.93. The molecule has 0 atom stereocenters. The maximum atomic E-state index is 8.32. The number of ether oxygens (including phenoxy) is 1. The second kappa shape index (κ2) is 5.17. The molecule has 0 radical (unpaired) electrons. The Bertz CT molecular complexity index is 151. The molecule has 0 rings (SSSR count). The van der Waals surface area contributed by atoms with Gasteiger partial charge in [0.15, 0.2) is 0 Å². The van der Waals surface area contributed by atoms with E-state index in [0.717, 1.165) is 6.42 Å². The van der Waals surface area contributed by atoms with Gasteiger partial charge in [-0.1, -0.05) is 18.8 Å². The molecule has 0 spiro atoms. The van der Waals surface area contributed by atoms with Gasteiger partial charge in [-0.3, -0.25) is 0 Å². The van der Waals surface area contributed by atoms with Crippen molar-refractivity contribution in [2.75, 3.05) is 13.2 Å². The standard InChI is InChI=1S/C9H16O2/c1-4-9(2,3)11-8-6-5-7-10/h10H,4,7-8H2,1-3H3. The van der Waals surface area contributed by atoms with Gasteiger partial charge < -0.3 is 9.84 Å². The van der Waals surface area contributed by atoms with E-state index in [9.17, 15) is 0 Å². The van der Waals surface area contributed by atoms with Crippen molar-refractivity contribution in [2.45, 2.75) is 32.8 Å². The molecule has 0 bridgehead atoms. The Balaban J connectivity index is 3.53. The van der Waals surface area contributed by atoms with Gasteiger partial charge in [-0.15, -0.1) is 0 Å². The second-order valence-electron chi connectivity index (χ2n) is 2.91. The molecule has 0 aromatic heterocycles. The summed E-state index contributed by atoms with van der Waals surface area (Å²) < 4.78 is 5.40. The monoisotopic (exact) mass is 156 g/mol. The third kappa shape index (κ3) is 5.90. The van der Waals surface area contributed by atoms with Crippen LogP contribution in [0.25, 0.3) is 0 Å². The Hall–Kier alpha value is -0.520. The molecule has 0 saturated heterocycles. The molecule has 0 unspecified atom stereocenters. The van der Waals surface area contributed by atoms with E-state index in [1.54, 1.807) is 0 Å². The van der Waals surface area contributed by atoms with Crippen molar-refractivity contribution in [1.29, 1.82) is 0 Å². The number of aliphatic hydroxyl groups excluding tert-OH is 1. The van der Waals surface area contributed by atoms with E-state index in [4.69, 9.17) is 9.84 Å². The van der Waals surface area contributed by atoms with Crippen LogP contribution in [0.5, 0.6) is 0 Å². The van der Waals surface area contributed by atoms with Crippen LogP contribution in [0.3, 0.4) is 0 Å². The molecule has 0 aliphatic rings. The van der Waals surface area contributed by atoms with Crippen LogP contribution >= 0.6 is 0 Å². The first-order valence-electron chi connectivity index (χ1n) is 3.83. The average molecular weight is 156 g/mol. The first-order chi connectivity index (χ1) is 5.12. The molecule has 0 aromatic carbocycles. The van der Waals surface area contributed by atoms with E-state index in [1.165, 1.54) is 0 Å². The fourth-order valence-corrected chi connectivity index (χ4v) is 0.440. The lowest BCUT2D eigenvalue weighted by atomic mass is 10.1. The molecule has 2 nitrogen and oxygen atoms in total. The number of aliphatic hydroxyl groups is 1. The molecule has 0 aliphatic carbocycles. The van der Waals surface area contributed by atoms with E-state index in [-0.39, 0.29) is 12.2 Å². The molecule has 0 aromatic rings. The molecule has 11 heavy (non-hydrogen) atoms. The zero-order chi connectivity index (χ0) is 8.74. The van der Waals surface area contributed by atoms with Gasteiger partial charge in [0.1, 0.15) is 13.2 Å².